The monoisotopic (exact) mass is 270 g/mol. The van der Waals surface area contributed by atoms with Crippen LogP contribution >= 0.6 is 0 Å². The number of carbonyl (C=O) groups excluding carboxylic acids is 1. The minimum atomic E-state index is -0.475. The molecular weight excluding hydrogens is 259 g/mol. The van der Waals surface area contributed by atoms with Crippen LogP contribution in [0.2, 0.25) is 0 Å². The van der Waals surface area contributed by atoms with Crippen LogP contribution in [-0.2, 0) is 0 Å². The third kappa shape index (κ3) is 2.35. The van der Waals surface area contributed by atoms with Crippen molar-refractivity contribution >= 4 is 17.2 Å². The van der Waals surface area contributed by atoms with Crippen molar-refractivity contribution in [2.24, 2.45) is 0 Å². The molecule has 0 fully saturated rings. The van der Waals surface area contributed by atoms with Gasteiger partial charge < -0.3 is 9.72 Å². The molecule has 0 aliphatic heterocycles. The number of carbonyl (C=O) groups is 1. The second-order valence-electron chi connectivity index (χ2n) is 4.38. The first-order chi connectivity index (χ1) is 9.61. The molecule has 3 aromatic rings. The molecule has 0 saturated heterocycles. The molecule has 3 aromatic heterocycles. The first-order valence-corrected chi connectivity index (χ1v) is 6.00. The van der Waals surface area contributed by atoms with Gasteiger partial charge in [0, 0.05) is 12.4 Å². The van der Waals surface area contributed by atoms with E-state index in [-0.39, 0.29) is 11.6 Å². The smallest absolute Gasteiger partial charge is 0.274 e. The van der Waals surface area contributed by atoms with Gasteiger partial charge in [0.1, 0.15) is 17.2 Å². The van der Waals surface area contributed by atoms with Gasteiger partial charge in [-0.25, -0.2) is 14.4 Å². The summed E-state index contributed by atoms with van der Waals surface area (Å²) in [6, 6.07) is 6.10. The Balaban J connectivity index is 1.84. The number of pyridine rings is 2. The van der Waals surface area contributed by atoms with Gasteiger partial charge in [-0.15, -0.1) is 0 Å². The molecule has 0 spiro atoms. The molecule has 3 heterocycles. The number of aromatic nitrogens is 3. The van der Waals surface area contributed by atoms with Crippen LogP contribution in [0.15, 0.2) is 42.9 Å². The van der Waals surface area contributed by atoms with Gasteiger partial charge in [0.15, 0.2) is 0 Å². The number of nitrogens with one attached hydrogen (secondary N) is 1. The minimum Gasteiger partial charge on any atom is -0.319 e. The average molecular weight is 270 g/mol. The minimum absolute atomic E-state index is 0.160. The van der Waals surface area contributed by atoms with Crippen molar-refractivity contribution in [1.82, 2.24) is 14.4 Å². The third-order valence-electron chi connectivity index (χ3n) is 2.79. The van der Waals surface area contributed by atoms with Gasteiger partial charge in [0.2, 0.25) is 0 Å². The number of hydrogen-bond acceptors (Lipinski definition) is 3. The number of fused-ring (bicyclic) bond motifs is 1. The first kappa shape index (κ1) is 12.3. The molecule has 0 aliphatic rings. The lowest BCUT2D eigenvalue weighted by Gasteiger charge is -2.05. The molecule has 0 aliphatic carbocycles. The van der Waals surface area contributed by atoms with Crippen LogP contribution in [0.5, 0.6) is 0 Å². The van der Waals surface area contributed by atoms with Gasteiger partial charge in [-0.3, -0.25) is 4.79 Å². The highest BCUT2D eigenvalue weighted by atomic mass is 19.1. The van der Waals surface area contributed by atoms with E-state index in [2.05, 4.69) is 15.3 Å². The Labute approximate surface area is 114 Å². The Kier molecular flexibility index (Phi) is 2.90. The topological polar surface area (TPSA) is 59.3 Å². The van der Waals surface area contributed by atoms with Crippen LogP contribution in [0, 0.1) is 12.7 Å². The van der Waals surface area contributed by atoms with E-state index in [9.17, 15) is 9.18 Å². The lowest BCUT2D eigenvalue weighted by Crippen LogP contribution is -2.13. The number of aryl methyl sites for hydroxylation is 1. The van der Waals surface area contributed by atoms with Crippen LogP contribution < -0.4 is 5.32 Å². The molecule has 5 nitrogen and oxygen atoms in total. The summed E-state index contributed by atoms with van der Waals surface area (Å²) in [4.78, 5) is 20.0. The SMILES string of the molecule is Cc1cn2cc(NC(=O)c3ccc(F)cn3)ccc2n1. The molecule has 1 N–H and O–H groups in total. The molecule has 0 aromatic carbocycles. The summed E-state index contributed by atoms with van der Waals surface area (Å²) < 4.78 is 14.6. The fraction of sp³-hybridized carbons (Fsp3) is 0.0714. The van der Waals surface area contributed by atoms with Gasteiger partial charge in [-0.1, -0.05) is 0 Å². The molecule has 6 heteroatoms. The maximum absolute atomic E-state index is 12.7. The Morgan fingerprint density at radius 2 is 2.10 bits per heavy atom. The Morgan fingerprint density at radius 3 is 2.85 bits per heavy atom. The quantitative estimate of drug-likeness (QED) is 0.778. The maximum atomic E-state index is 12.7. The molecule has 1 amide bonds. The summed E-state index contributed by atoms with van der Waals surface area (Å²) >= 11 is 0. The van der Waals surface area contributed by atoms with Crippen molar-refractivity contribution in [3.8, 4) is 0 Å². The number of rotatable bonds is 2. The van der Waals surface area contributed by atoms with Crippen LogP contribution in [-0.4, -0.2) is 20.3 Å². The van der Waals surface area contributed by atoms with E-state index < -0.39 is 5.82 Å². The fourth-order valence-electron chi connectivity index (χ4n) is 1.90. The standard InChI is InChI=1S/C14H11FN4O/c1-9-7-19-8-11(3-5-13(19)17-9)18-14(20)12-4-2-10(15)6-16-12/h2-8H,1H3,(H,18,20). The number of anilines is 1. The molecular formula is C14H11FN4O. The lowest BCUT2D eigenvalue weighted by atomic mass is 10.3. The highest BCUT2D eigenvalue weighted by Gasteiger charge is 2.08. The zero-order valence-corrected chi connectivity index (χ0v) is 10.7. The molecule has 0 unspecified atom stereocenters. The Morgan fingerprint density at radius 1 is 1.25 bits per heavy atom. The van der Waals surface area contributed by atoms with Gasteiger partial charge in [0.05, 0.1) is 17.6 Å². The molecule has 3 rings (SSSR count). The predicted molar refractivity (Wildman–Crippen MR) is 72.1 cm³/mol. The molecule has 0 atom stereocenters. The molecule has 0 bridgehead atoms. The van der Waals surface area contributed by atoms with E-state index in [0.717, 1.165) is 17.5 Å². The summed E-state index contributed by atoms with van der Waals surface area (Å²) in [5, 5.41) is 2.71. The summed E-state index contributed by atoms with van der Waals surface area (Å²) in [6.45, 7) is 1.90. The lowest BCUT2D eigenvalue weighted by molar-refractivity contribution is 0.102. The van der Waals surface area contributed by atoms with E-state index in [1.807, 2.05) is 17.5 Å². The van der Waals surface area contributed by atoms with E-state index in [0.29, 0.717) is 5.69 Å². The zero-order chi connectivity index (χ0) is 14.1. The van der Waals surface area contributed by atoms with Gasteiger partial charge in [0.25, 0.3) is 5.91 Å². The number of halogens is 1. The number of amides is 1. The molecule has 0 radical (unpaired) electrons. The molecule has 0 saturated carbocycles. The van der Waals surface area contributed by atoms with Crippen LogP contribution in [0.4, 0.5) is 10.1 Å². The van der Waals surface area contributed by atoms with Crippen LogP contribution in [0.3, 0.4) is 0 Å². The number of nitrogens with zero attached hydrogens (tertiary/aromatic N) is 3. The summed E-state index contributed by atoms with van der Waals surface area (Å²) in [7, 11) is 0. The largest absolute Gasteiger partial charge is 0.319 e. The predicted octanol–water partition coefficient (Wildman–Crippen LogP) is 2.43. The van der Waals surface area contributed by atoms with Gasteiger partial charge in [-0.2, -0.15) is 0 Å². The fourth-order valence-corrected chi connectivity index (χ4v) is 1.90. The summed E-state index contributed by atoms with van der Waals surface area (Å²) in [6.07, 6.45) is 4.63. The van der Waals surface area contributed by atoms with E-state index >= 15 is 0 Å². The zero-order valence-electron chi connectivity index (χ0n) is 10.7. The second-order valence-corrected chi connectivity index (χ2v) is 4.38. The number of imidazole rings is 1. The van der Waals surface area contributed by atoms with Crippen LogP contribution in [0.25, 0.3) is 5.65 Å². The van der Waals surface area contributed by atoms with Crippen LogP contribution in [0.1, 0.15) is 16.2 Å². The third-order valence-corrected chi connectivity index (χ3v) is 2.79. The second kappa shape index (κ2) is 4.73. The average Bonchev–Trinajstić information content (AvgIpc) is 2.78. The van der Waals surface area contributed by atoms with Crippen molar-refractivity contribution in [2.45, 2.75) is 6.92 Å². The molecule has 100 valence electrons. The van der Waals surface area contributed by atoms with Gasteiger partial charge >= 0.3 is 0 Å². The highest BCUT2D eigenvalue weighted by molar-refractivity contribution is 6.02. The van der Waals surface area contributed by atoms with Crippen molar-refractivity contribution in [1.29, 1.82) is 0 Å². The van der Waals surface area contributed by atoms with E-state index in [4.69, 9.17) is 0 Å². The van der Waals surface area contributed by atoms with Crippen molar-refractivity contribution in [2.75, 3.05) is 5.32 Å². The van der Waals surface area contributed by atoms with E-state index in [1.165, 1.54) is 12.1 Å². The first-order valence-electron chi connectivity index (χ1n) is 6.00. The summed E-state index contributed by atoms with van der Waals surface area (Å²) in [5.74, 6) is -0.863. The van der Waals surface area contributed by atoms with Crippen molar-refractivity contribution in [3.63, 3.8) is 0 Å². The van der Waals surface area contributed by atoms with Crippen molar-refractivity contribution in [3.05, 3.63) is 60.1 Å². The summed E-state index contributed by atoms with van der Waals surface area (Å²) in [5.41, 5.74) is 2.48. The Bertz CT molecular complexity index is 779. The van der Waals surface area contributed by atoms with Gasteiger partial charge in [-0.05, 0) is 31.2 Å². The number of hydrogen-bond donors (Lipinski definition) is 1. The maximum Gasteiger partial charge on any atom is 0.274 e. The normalized spacial score (nSPS) is 10.7. The highest BCUT2D eigenvalue weighted by Crippen LogP contribution is 2.12. The van der Waals surface area contributed by atoms with E-state index in [1.54, 1.807) is 18.3 Å². The Hall–Kier alpha value is -2.76. The van der Waals surface area contributed by atoms with Crippen molar-refractivity contribution < 1.29 is 9.18 Å². The molecule has 20 heavy (non-hydrogen) atoms.